The Bertz CT molecular complexity index is 525. The summed E-state index contributed by atoms with van der Waals surface area (Å²) >= 11 is 5.23. The van der Waals surface area contributed by atoms with E-state index in [9.17, 15) is 0 Å². The van der Waals surface area contributed by atoms with Crippen LogP contribution >= 0.6 is 27.3 Å². The molecule has 3 nitrogen and oxygen atoms in total. The third kappa shape index (κ3) is 4.37. The maximum absolute atomic E-state index is 4.28. The molecule has 0 aliphatic heterocycles. The largest absolute Gasteiger partial charge is 0.315 e. The zero-order valence-electron chi connectivity index (χ0n) is 11.2. The Balaban J connectivity index is 1.94. The average Bonchev–Trinajstić information content (AvgIpc) is 2.83. The minimum absolute atomic E-state index is 0.547. The topological polar surface area (TPSA) is 37.8 Å². The van der Waals surface area contributed by atoms with E-state index >= 15 is 0 Å². The van der Waals surface area contributed by atoms with Crippen LogP contribution in [0.2, 0.25) is 0 Å². The number of aromatic nitrogens is 2. The molecule has 0 bridgehead atoms. The number of benzene rings is 1. The van der Waals surface area contributed by atoms with Crippen molar-refractivity contribution < 1.29 is 0 Å². The summed E-state index contributed by atoms with van der Waals surface area (Å²) in [4.78, 5) is 0. The van der Waals surface area contributed by atoms with Gasteiger partial charge >= 0.3 is 0 Å². The van der Waals surface area contributed by atoms with Gasteiger partial charge in [0.25, 0.3) is 0 Å². The molecular formula is C14H18BrN3S. The van der Waals surface area contributed by atoms with Crippen LogP contribution < -0.4 is 5.32 Å². The van der Waals surface area contributed by atoms with Crippen LogP contribution in [0.5, 0.6) is 0 Å². The number of hydrogen-bond donors (Lipinski definition) is 1. The average molecular weight is 340 g/mol. The van der Waals surface area contributed by atoms with Gasteiger partial charge in [-0.25, -0.2) is 0 Å². The number of rotatable bonds is 6. The first-order valence-corrected chi connectivity index (χ1v) is 8.08. The summed E-state index contributed by atoms with van der Waals surface area (Å²) in [6.07, 6.45) is 2.09. The molecule has 1 aromatic heterocycles. The van der Waals surface area contributed by atoms with Crippen molar-refractivity contribution in [3.63, 3.8) is 0 Å². The lowest BCUT2D eigenvalue weighted by Crippen LogP contribution is -2.23. The Kier molecular flexibility index (Phi) is 5.48. The second-order valence-corrected chi connectivity index (χ2v) is 6.61. The summed E-state index contributed by atoms with van der Waals surface area (Å²) in [6, 6.07) is 8.67. The minimum Gasteiger partial charge on any atom is -0.315 e. The van der Waals surface area contributed by atoms with E-state index in [2.05, 4.69) is 51.4 Å². The Morgan fingerprint density at radius 1 is 1.26 bits per heavy atom. The van der Waals surface area contributed by atoms with Gasteiger partial charge < -0.3 is 5.32 Å². The summed E-state index contributed by atoms with van der Waals surface area (Å²) in [5, 5.41) is 14.1. The second-order valence-electron chi connectivity index (χ2n) is 4.69. The third-order valence-corrected chi connectivity index (χ3v) is 4.40. The van der Waals surface area contributed by atoms with Crippen LogP contribution in [-0.4, -0.2) is 22.8 Å². The summed E-state index contributed by atoms with van der Waals surface area (Å²) in [6.45, 7) is 5.35. The van der Waals surface area contributed by atoms with Crippen LogP contribution in [0.1, 0.15) is 25.3 Å². The highest BCUT2D eigenvalue weighted by Gasteiger charge is 2.09. The van der Waals surface area contributed by atoms with E-state index < -0.39 is 0 Å². The molecule has 102 valence electrons. The maximum atomic E-state index is 4.28. The fraction of sp³-hybridized carbons (Fsp3) is 0.429. The molecule has 0 saturated carbocycles. The Morgan fingerprint density at radius 2 is 2.05 bits per heavy atom. The molecule has 0 fully saturated rings. The number of nitrogens with one attached hydrogen (secondary N) is 1. The molecule has 0 saturated heterocycles. The fourth-order valence-corrected chi connectivity index (χ4v) is 3.25. The highest BCUT2D eigenvalue weighted by Crippen LogP contribution is 2.30. The van der Waals surface area contributed by atoms with Gasteiger partial charge in [0.15, 0.2) is 0 Å². The van der Waals surface area contributed by atoms with Gasteiger partial charge in [-0.05, 0) is 19.0 Å². The zero-order valence-corrected chi connectivity index (χ0v) is 13.6. The first kappa shape index (κ1) is 14.6. The van der Waals surface area contributed by atoms with Gasteiger partial charge in [0, 0.05) is 22.5 Å². The molecule has 0 amide bonds. The lowest BCUT2D eigenvalue weighted by atomic mass is 10.2. The quantitative estimate of drug-likeness (QED) is 0.811. The van der Waals surface area contributed by atoms with Gasteiger partial charge in [0.2, 0.25) is 0 Å². The Labute approximate surface area is 126 Å². The smallest absolute Gasteiger partial charge is 0.148 e. The summed E-state index contributed by atoms with van der Waals surface area (Å²) in [5.74, 6) is 0. The molecule has 1 aromatic carbocycles. The van der Waals surface area contributed by atoms with Crippen LogP contribution in [0, 0.1) is 0 Å². The lowest BCUT2D eigenvalue weighted by Gasteiger charge is -2.05. The molecule has 2 aromatic rings. The molecule has 0 spiro atoms. The first-order valence-electron chi connectivity index (χ1n) is 6.47. The van der Waals surface area contributed by atoms with Crippen molar-refractivity contribution in [2.45, 2.75) is 32.7 Å². The van der Waals surface area contributed by atoms with E-state index in [1.165, 1.54) is 0 Å². The van der Waals surface area contributed by atoms with Gasteiger partial charge in [-0.2, -0.15) is 0 Å². The van der Waals surface area contributed by atoms with E-state index in [1.807, 2.05) is 18.2 Å². The maximum Gasteiger partial charge on any atom is 0.148 e. The minimum atomic E-state index is 0.547. The monoisotopic (exact) mass is 339 g/mol. The number of nitrogens with zero attached hydrogens (tertiary/aromatic N) is 2. The summed E-state index contributed by atoms with van der Waals surface area (Å²) in [5.41, 5.74) is 1.12. The molecule has 0 atom stereocenters. The summed E-state index contributed by atoms with van der Waals surface area (Å²) < 4.78 is 1.07. The van der Waals surface area contributed by atoms with Gasteiger partial charge in [-0.15, -0.1) is 10.2 Å². The molecule has 5 heteroatoms. The highest BCUT2D eigenvalue weighted by atomic mass is 79.9. The number of halogens is 1. The molecule has 0 radical (unpaired) electrons. The fourth-order valence-electron chi connectivity index (χ4n) is 1.73. The predicted molar refractivity (Wildman–Crippen MR) is 84.5 cm³/mol. The van der Waals surface area contributed by atoms with E-state index in [0.29, 0.717) is 6.04 Å². The van der Waals surface area contributed by atoms with Crippen molar-refractivity contribution in [1.29, 1.82) is 0 Å². The van der Waals surface area contributed by atoms with Gasteiger partial charge in [0.05, 0.1) is 0 Å². The molecular weight excluding hydrogens is 322 g/mol. The summed E-state index contributed by atoms with van der Waals surface area (Å²) in [7, 11) is 0. The van der Waals surface area contributed by atoms with Crippen LogP contribution in [-0.2, 0) is 6.42 Å². The van der Waals surface area contributed by atoms with Crippen LogP contribution in [0.4, 0.5) is 0 Å². The highest BCUT2D eigenvalue weighted by molar-refractivity contribution is 9.10. The lowest BCUT2D eigenvalue weighted by molar-refractivity contribution is 0.569. The normalized spacial score (nSPS) is 11.2. The molecule has 1 heterocycles. The Hall–Kier alpha value is -0.780. The molecule has 0 aliphatic rings. The van der Waals surface area contributed by atoms with Crippen LogP contribution in [0.25, 0.3) is 10.6 Å². The van der Waals surface area contributed by atoms with Crippen molar-refractivity contribution in [2.24, 2.45) is 0 Å². The van der Waals surface area contributed by atoms with E-state index in [-0.39, 0.29) is 0 Å². The molecule has 2 rings (SSSR count). The van der Waals surface area contributed by atoms with E-state index in [0.717, 1.165) is 39.4 Å². The predicted octanol–water partition coefficient (Wildman–Crippen LogP) is 3.90. The van der Waals surface area contributed by atoms with Gasteiger partial charge in [-0.1, -0.05) is 59.3 Å². The van der Waals surface area contributed by atoms with Gasteiger partial charge in [0.1, 0.15) is 10.0 Å². The van der Waals surface area contributed by atoms with Crippen LogP contribution in [0.15, 0.2) is 28.7 Å². The van der Waals surface area contributed by atoms with Crippen molar-refractivity contribution in [3.8, 4) is 10.6 Å². The Morgan fingerprint density at radius 3 is 2.79 bits per heavy atom. The third-order valence-electron chi connectivity index (χ3n) is 2.69. The standard InChI is InChI=1S/C14H18BrN3S/c1-10(2)16-9-5-8-13-17-18-14(19-13)11-6-3-4-7-12(11)15/h3-4,6-7,10,16H,5,8-9H2,1-2H3. The molecule has 19 heavy (non-hydrogen) atoms. The van der Waals surface area contributed by atoms with Crippen molar-refractivity contribution >= 4 is 27.3 Å². The zero-order chi connectivity index (χ0) is 13.7. The van der Waals surface area contributed by atoms with Gasteiger partial charge in [-0.3, -0.25) is 0 Å². The molecule has 1 N–H and O–H groups in total. The first-order chi connectivity index (χ1) is 9.16. The SMILES string of the molecule is CC(C)NCCCc1nnc(-c2ccccc2Br)s1. The number of aryl methyl sites for hydroxylation is 1. The second kappa shape index (κ2) is 7.12. The van der Waals surface area contributed by atoms with Crippen molar-refractivity contribution in [2.75, 3.05) is 6.54 Å². The van der Waals surface area contributed by atoms with E-state index in [4.69, 9.17) is 0 Å². The molecule has 0 unspecified atom stereocenters. The van der Waals surface area contributed by atoms with Crippen molar-refractivity contribution in [3.05, 3.63) is 33.7 Å². The molecule has 0 aliphatic carbocycles. The number of hydrogen-bond acceptors (Lipinski definition) is 4. The van der Waals surface area contributed by atoms with Crippen molar-refractivity contribution in [1.82, 2.24) is 15.5 Å². The van der Waals surface area contributed by atoms with Crippen LogP contribution in [0.3, 0.4) is 0 Å². The van der Waals surface area contributed by atoms with E-state index in [1.54, 1.807) is 11.3 Å².